The maximum Gasteiger partial charge on any atom is 0.229 e. The average molecular weight is 514 g/mol. The van der Waals surface area contributed by atoms with Crippen molar-refractivity contribution in [1.82, 2.24) is 19.8 Å². The quantitative estimate of drug-likeness (QED) is 0.444. The van der Waals surface area contributed by atoms with E-state index in [1.165, 1.54) is 24.5 Å². The van der Waals surface area contributed by atoms with Gasteiger partial charge in [-0.1, -0.05) is 11.6 Å². The summed E-state index contributed by atoms with van der Waals surface area (Å²) in [6, 6.07) is 7.87. The first kappa shape index (κ1) is 24.5. The zero-order valence-corrected chi connectivity index (χ0v) is 21.1. The molecule has 0 aliphatic carbocycles. The lowest BCUT2D eigenvalue weighted by atomic mass is 9.86. The number of fused-ring (bicyclic) bond motifs is 1. The molecule has 1 unspecified atom stereocenters. The first-order valence-corrected chi connectivity index (χ1v) is 12.4. The molecule has 3 heterocycles. The van der Waals surface area contributed by atoms with Gasteiger partial charge in [0.2, 0.25) is 5.91 Å². The summed E-state index contributed by atoms with van der Waals surface area (Å²) in [4.78, 5) is 25.4. The summed E-state index contributed by atoms with van der Waals surface area (Å²) in [5.41, 5.74) is 0.659. The molecule has 0 radical (unpaired) electrons. The Morgan fingerprint density at radius 2 is 2.00 bits per heavy atom. The summed E-state index contributed by atoms with van der Waals surface area (Å²) in [6.07, 6.45) is 4.09. The monoisotopic (exact) mass is 513 g/mol. The third-order valence-corrected chi connectivity index (χ3v) is 7.37. The lowest BCUT2D eigenvalue weighted by molar-refractivity contribution is -0.134. The smallest absolute Gasteiger partial charge is 0.229 e. The molecule has 1 aromatic heterocycles. The van der Waals surface area contributed by atoms with Crippen molar-refractivity contribution < 1.29 is 18.7 Å². The van der Waals surface area contributed by atoms with Gasteiger partial charge in [-0.3, -0.25) is 4.79 Å². The SMILES string of the molecule is COc1cc2ncnc(Nc3cc(Cl)ccc3F)c2cc1OCCCN1CCC2(CCN(C)C2=O)C1. The molecule has 2 saturated heterocycles. The van der Waals surface area contributed by atoms with Crippen molar-refractivity contribution in [2.45, 2.75) is 19.3 Å². The zero-order chi connectivity index (χ0) is 25.3. The molecule has 2 aliphatic heterocycles. The molecule has 10 heteroatoms. The van der Waals surface area contributed by atoms with Gasteiger partial charge in [-0.2, -0.15) is 0 Å². The van der Waals surface area contributed by atoms with E-state index in [-0.39, 0.29) is 17.0 Å². The minimum Gasteiger partial charge on any atom is -0.493 e. The van der Waals surface area contributed by atoms with Crippen LogP contribution in [0.1, 0.15) is 19.3 Å². The minimum absolute atomic E-state index is 0.191. The number of hydrogen-bond acceptors (Lipinski definition) is 7. The number of nitrogens with one attached hydrogen (secondary N) is 1. The average Bonchev–Trinajstić information content (AvgIpc) is 3.42. The molecule has 190 valence electrons. The molecule has 1 atom stereocenters. The van der Waals surface area contributed by atoms with Gasteiger partial charge >= 0.3 is 0 Å². The van der Waals surface area contributed by atoms with Crippen LogP contribution in [0.5, 0.6) is 11.5 Å². The van der Waals surface area contributed by atoms with E-state index >= 15 is 0 Å². The Hall–Kier alpha value is -3.17. The Kier molecular flexibility index (Phi) is 6.85. The molecular formula is C26H29ClFN5O3. The van der Waals surface area contributed by atoms with Crippen molar-refractivity contribution >= 4 is 39.9 Å². The fourth-order valence-electron chi connectivity index (χ4n) is 5.15. The van der Waals surface area contributed by atoms with Crippen LogP contribution in [0.15, 0.2) is 36.7 Å². The molecule has 0 bridgehead atoms. The number of aromatic nitrogens is 2. The molecule has 8 nitrogen and oxygen atoms in total. The van der Waals surface area contributed by atoms with Crippen LogP contribution in [-0.4, -0.2) is 72.6 Å². The number of methoxy groups -OCH3 is 1. The van der Waals surface area contributed by atoms with E-state index in [0.29, 0.717) is 39.8 Å². The van der Waals surface area contributed by atoms with Crippen LogP contribution in [0.4, 0.5) is 15.9 Å². The number of rotatable bonds is 8. The third-order valence-electron chi connectivity index (χ3n) is 7.14. The summed E-state index contributed by atoms with van der Waals surface area (Å²) in [5, 5.41) is 4.09. The van der Waals surface area contributed by atoms with Crippen molar-refractivity contribution in [3.05, 3.63) is 47.5 Å². The van der Waals surface area contributed by atoms with E-state index in [1.54, 1.807) is 19.2 Å². The van der Waals surface area contributed by atoms with Crippen LogP contribution >= 0.6 is 11.6 Å². The second kappa shape index (κ2) is 10.1. The molecule has 36 heavy (non-hydrogen) atoms. The summed E-state index contributed by atoms with van der Waals surface area (Å²) in [7, 11) is 3.47. The number of carbonyl (C=O) groups excluding carboxylic acids is 1. The summed E-state index contributed by atoms with van der Waals surface area (Å²) < 4.78 is 25.9. The summed E-state index contributed by atoms with van der Waals surface area (Å²) >= 11 is 6.03. The number of hydrogen-bond donors (Lipinski definition) is 1. The normalized spacial score (nSPS) is 20.0. The fourth-order valence-corrected chi connectivity index (χ4v) is 5.32. The maximum atomic E-state index is 14.3. The van der Waals surface area contributed by atoms with E-state index in [9.17, 15) is 9.18 Å². The van der Waals surface area contributed by atoms with Crippen molar-refractivity contribution in [3.8, 4) is 11.5 Å². The van der Waals surface area contributed by atoms with Gasteiger partial charge in [0.1, 0.15) is 18.0 Å². The summed E-state index contributed by atoms with van der Waals surface area (Å²) in [6.45, 7) is 3.95. The van der Waals surface area contributed by atoms with Crippen LogP contribution in [0.2, 0.25) is 5.02 Å². The Bertz CT molecular complexity index is 1290. The minimum atomic E-state index is -0.439. The number of ether oxygens (including phenoxy) is 2. The Morgan fingerprint density at radius 1 is 1.17 bits per heavy atom. The molecule has 1 spiro atoms. The van der Waals surface area contributed by atoms with E-state index in [4.69, 9.17) is 21.1 Å². The molecule has 3 aromatic rings. The highest BCUT2D eigenvalue weighted by Gasteiger charge is 2.49. The van der Waals surface area contributed by atoms with Gasteiger partial charge in [0.05, 0.1) is 30.3 Å². The number of halogens is 2. The van der Waals surface area contributed by atoms with Crippen molar-refractivity contribution in [1.29, 1.82) is 0 Å². The van der Waals surface area contributed by atoms with Gasteiger partial charge in [0.25, 0.3) is 0 Å². The predicted octanol–water partition coefficient (Wildman–Crippen LogP) is 4.50. The van der Waals surface area contributed by atoms with E-state index in [0.717, 1.165) is 45.4 Å². The van der Waals surface area contributed by atoms with Crippen molar-refractivity contribution in [3.63, 3.8) is 0 Å². The zero-order valence-electron chi connectivity index (χ0n) is 20.4. The molecular weight excluding hydrogens is 485 g/mol. The number of benzene rings is 2. The van der Waals surface area contributed by atoms with Gasteiger partial charge in [0, 0.05) is 43.2 Å². The molecule has 5 rings (SSSR count). The lowest BCUT2D eigenvalue weighted by Crippen LogP contribution is -2.35. The molecule has 2 fully saturated rings. The molecule has 1 amide bonds. The van der Waals surface area contributed by atoms with Crippen LogP contribution in [0.25, 0.3) is 10.9 Å². The van der Waals surface area contributed by atoms with Gasteiger partial charge in [0.15, 0.2) is 11.5 Å². The van der Waals surface area contributed by atoms with Crippen LogP contribution in [0.3, 0.4) is 0 Å². The van der Waals surface area contributed by atoms with E-state index in [2.05, 4.69) is 20.2 Å². The standard InChI is InChI=1S/C26H29ClFN5O3/c1-32-9-6-26(25(32)34)7-10-33(15-26)8-3-11-36-23-13-18-20(14-22(23)35-2)29-16-30-24(18)31-21-12-17(27)4-5-19(21)28/h4-5,12-14,16H,3,6-11,15H2,1-2H3,(H,29,30,31). The second-order valence-corrected chi connectivity index (χ2v) is 9.91. The first-order valence-electron chi connectivity index (χ1n) is 12.0. The van der Waals surface area contributed by atoms with Crippen LogP contribution < -0.4 is 14.8 Å². The van der Waals surface area contributed by atoms with E-state index < -0.39 is 5.82 Å². The number of likely N-dealkylation sites (tertiary alicyclic amines) is 2. The number of anilines is 2. The summed E-state index contributed by atoms with van der Waals surface area (Å²) in [5.74, 6) is 1.39. The van der Waals surface area contributed by atoms with Crippen LogP contribution in [-0.2, 0) is 4.79 Å². The Morgan fingerprint density at radius 3 is 2.78 bits per heavy atom. The number of nitrogens with zero attached hydrogens (tertiary/aromatic N) is 4. The van der Waals surface area contributed by atoms with Crippen LogP contribution in [0, 0.1) is 11.2 Å². The molecule has 0 saturated carbocycles. The largest absolute Gasteiger partial charge is 0.493 e. The molecule has 2 aliphatic rings. The highest BCUT2D eigenvalue weighted by atomic mass is 35.5. The predicted molar refractivity (Wildman–Crippen MR) is 137 cm³/mol. The Labute approximate surface area is 214 Å². The topological polar surface area (TPSA) is 79.8 Å². The fraction of sp³-hybridized carbons (Fsp3) is 0.423. The maximum absolute atomic E-state index is 14.3. The van der Waals surface area contributed by atoms with Gasteiger partial charge in [-0.25, -0.2) is 14.4 Å². The van der Waals surface area contributed by atoms with Gasteiger partial charge in [-0.05, 0) is 50.1 Å². The van der Waals surface area contributed by atoms with Gasteiger partial charge in [-0.15, -0.1) is 0 Å². The van der Waals surface area contributed by atoms with Crippen molar-refractivity contribution in [2.75, 3.05) is 52.3 Å². The molecule has 2 aromatic carbocycles. The highest BCUT2D eigenvalue weighted by Crippen LogP contribution is 2.40. The van der Waals surface area contributed by atoms with Gasteiger partial charge < -0.3 is 24.6 Å². The van der Waals surface area contributed by atoms with E-state index in [1.807, 2.05) is 11.9 Å². The Balaban J connectivity index is 1.26. The molecule has 1 N–H and O–H groups in total. The highest BCUT2D eigenvalue weighted by molar-refractivity contribution is 6.30. The number of carbonyl (C=O) groups is 1. The first-order chi connectivity index (χ1) is 17.4. The number of amides is 1. The lowest BCUT2D eigenvalue weighted by Gasteiger charge is -2.22. The third kappa shape index (κ3) is 4.77. The van der Waals surface area contributed by atoms with Crippen molar-refractivity contribution in [2.24, 2.45) is 5.41 Å². The second-order valence-electron chi connectivity index (χ2n) is 9.48.